The molecule has 1 N–H and O–H groups in total. The lowest BCUT2D eigenvalue weighted by Crippen LogP contribution is -2.24. The van der Waals surface area contributed by atoms with Crippen molar-refractivity contribution in [1.29, 1.82) is 0 Å². The molecule has 1 unspecified atom stereocenters. The first-order valence-electron chi connectivity index (χ1n) is 8.29. The molecule has 4 rings (SSSR count). The van der Waals surface area contributed by atoms with Gasteiger partial charge in [-0.05, 0) is 35.9 Å². The molecule has 5 nitrogen and oxygen atoms in total. The van der Waals surface area contributed by atoms with Crippen molar-refractivity contribution >= 4 is 21.4 Å². The average Bonchev–Trinajstić information content (AvgIpc) is 3.10. The van der Waals surface area contributed by atoms with Crippen molar-refractivity contribution in [2.24, 2.45) is 0 Å². The molecule has 1 atom stereocenters. The second kappa shape index (κ2) is 7.09. The van der Waals surface area contributed by atoms with Crippen LogP contribution in [0.25, 0.3) is 16.8 Å². The van der Waals surface area contributed by atoms with Crippen LogP contribution in [0.2, 0.25) is 0 Å². The van der Waals surface area contributed by atoms with Crippen LogP contribution in [0.4, 0.5) is 4.39 Å². The predicted octanol–water partition coefficient (Wildman–Crippen LogP) is 3.80. The third kappa shape index (κ3) is 3.56. The zero-order valence-corrected chi connectivity index (χ0v) is 15.7. The maximum absolute atomic E-state index is 13.0. The number of fused-ring (bicyclic) bond motifs is 1. The lowest BCUT2D eigenvalue weighted by molar-refractivity contribution is 0.155. The molecule has 0 saturated heterocycles. The fourth-order valence-corrected chi connectivity index (χ4v) is 3.33. The summed E-state index contributed by atoms with van der Waals surface area (Å²) in [6.07, 6.45) is 2.34. The number of hydrogen-bond donors (Lipinski definition) is 1. The van der Waals surface area contributed by atoms with E-state index in [9.17, 15) is 14.3 Å². The molecular weight excluding hydrogens is 413 g/mol. The SMILES string of the molecule is O=c1c2cc(-c3cccc(Br)c3)nn2ccn1CC(O)c1ccc(F)cc1. The number of aliphatic hydroxyl groups excluding tert-OH is 1. The van der Waals surface area contributed by atoms with Crippen molar-refractivity contribution in [2.75, 3.05) is 0 Å². The molecule has 2 heterocycles. The van der Waals surface area contributed by atoms with E-state index in [1.165, 1.54) is 33.3 Å². The van der Waals surface area contributed by atoms with E-state index in [-0.39, 0.29) is 17.9 Å². The Kier molecular flexibility index (Phi) is 4.63. The third-order valence-corrected chi connectivity index (χ3v) is 4.84. The Hall–Kier alpha value is -2.77. The zero-order valence-electron chi connectivity index (χ0n) is 14.1. The van der Waals surface area contributed by atoms with Crippen LogP contribution in [-0.2, 0) is 6.54 Å². The minimum absolute atomic E-state index is 0.0678. The van der Waals surface area contributed by atoms with Crippen LogP contribution in [-0.4, -0.2) is 19.3 Å². The van der Waals surface area contributed by atoms with Crippen LogP contribution in [0.15, 0.2) is 76.3 Å². The highest BCUT2D eigenvalue weighted by atomic mass is 79.9. The second-order valence-electron chi connectivity index (χ2n) is 6.19. The molecule has 0 spiro atoms. The van der Waals surface area contributed by atoms with E-state index in [2.05, 4.69) is 21.0 Å². The van der Waals surface area contributed by atoms with Gasteiger partial charge in [-0.3, -0.25) is 4.79 Å². The van der Waals surface area contributed by atoms with Gasteiger partial charge in [0.25, 0.3) is 5.56 Å². The van der Waals surface area contributed by atoms with Gasteiger partial charge in [-0.2, -0.15) is 5.10 Å². The Bertz CT molecular complexity index is 1170. The molecule has 4 aromatic rings. The molecule has 2 aromatic heterocycles. The van der Waals surface area contributed by atoms with E-state index in [4.69, 9.17) is 0 Å². The second-order valence-corrected chi connectivity index (χ2v) is 7.11. The summed E-state index contributed by atoms with van der Waals surface area (Å²) in [5.74, 6) is -0.371. The lowest BCUT2D eigenvalue weighted by Gasteiger charge is -2.13. The monoisotopic (exact) mass is 427 g/mol. The summed E-state index contributed by atoms with van der Waals surface area (Å²) in [5, 5.41) is 14.8. The highest BCUT2D eigenvalue weighted by Gasteiger charge is 2.13. The van der Waals surface area contributed by atoms with Crippen molar-refractivity contribution < 1.29 is 9.50 Å². The number of hydrogen-bond acceptors (Lipinski definition) is 3. The first kappa shape index (κ1) is 17.6. The Morgan fingerprint density at radius 2 is 1.89 bits per heavy atom. The highest BCUT2D eigenvalue weighted by molar-refractivity contribution is 9.10. The molecule has 0 aliphatic carbocycles. The van der Waals surface area contributed by atoms with Gasteiger partial charge >= 0.3 is 0 Å². The molecule has 0 fully saturated rings. The van der Waals surface area contributed by atoms with Crippen LogP contribution in [0.1, 0.15) is 11.7 Å². The molecule has 0 saturated carbocycles. The fourth-order valence-electron chi connectivity index (χ4n) is 2.94. The summed E-state index contributed by atoms with van der Waals surface area (Å²) < 4.78 is 16.9. The van der Waals surface area contributed by atoms with Crippen LogP contribution in [0.3, 0.4) is 0 Å². The van der Waals surface area contributed by atoms with Crippen molar-refractivity contribution in [3.05, 3.63) is 93.2 Å². The van der Waals surface area contributed by atoms with Gasteiger partial charge in [0.15, 0.2) is 0 Å². The lowest BCUT2D eigenvalue weighted by atomic mass is 10.1. The standard InChI is InChI=1S/C20H15BrFN3O2/c21-15-3-1-2-14(10-15)17-11-18-20(27)24(8-9-25(18)23-17)12-19(26)13-4-6-16(22)7-5-13/h1-11,19,26H,12H2. The Morgan fingerprint density at radius 3 is 2.63 bits per heavy atom. The van der Waals surface area contributed by atoms with Gasteiger partial charge in [0.05, 0.1) is 18.3 Å². The van der Waals surface area contributed by atoms with E-state index < -0.39 is 6.10 Å². The van der Waals surface area contributed by atoms with Crippen molar-refractivity contribution in [2.45, 2.75) is 12.6 Å². The third-order valence-electron chi connectivity index (χ3n) is 4.35. The summed E-state index contributed by atoms with van der Waals surface area (Å²) in [7, 11) is 0. The summed E-state index contributed by atoms with van der Waals surface area (Å²) in [6.45, 7) is 0.0678. The van der Waals surface area contributed by atoms with Crippen LogP contribution in [0.5, 0.6) is 0 Å². The number of halogens is 2. The van der Waals surface area contributed by atoms with E-state index >= 15 is 0 Å². The molecule has 0 amide bonds. The largest absolute Gasteiger partial charge is 0.387 e. The predicted molar refractivity (Wildman–Crippen MR) is 104 cm³/mol. The van der Waals surface area contributed by atoms with Crippen molar-refractivity contribution in [3.63, 3.8) is 0 Å². The minimum atomic E-state index is -0.918. The number of aliphatic hydroxyl groups is 1. The summed E-state index contributed by atoms with van der Waals surface area (Å²) in [6, 6.07) is 15.0. The highest BCUT2D eigenvalue weighted by Crippen LogP contribution is 2.22. The fraction of sp³-hybridized carbons (Fsp3) is 0.100. The molecular formula is C20H15BrFN3O2. The van der Waals surface area contributed by atoms with Gasteiger partial charge in [0.2, 0.25) is 0 Å². The molecule has 7 heteroatoms. The van der Waals surface area contributed by atoms with Crippen molar-refractivity contribution in [1.82, 2.24) is 14.2 Å². The molecule has 0 aliphatic rings. The maximum atomic E-state index is 13.0. The van der Waals surface area contributed by atoms with Gasteiger partial charge in [-0.15, -0.1) is 0 Å². The van der Waals surface area contributed by atoms with Gasteiger partial charge < -0.3 is 9.67 Å². The van der Waals surface area contributed by atoms with Crippen LogP contribution in [0, 0.1) is 5.82 Å². The van der Waals surface area contributed by atoms with E-state index in [0.717, 1.165) is 10.0 Å². The molecule has 0 aliphatic heterocycles. The Morgan fingerprint density at radius 1 is 1.11 bits per heavy atom. The molecule has 136 valence electrons. The first-order valence-corrected chi connectivity index (χ1v) is 9.09. The van der Waals surface area contributed by atoms with Gasteiger partial charge in [0.1, 0.15) is 11.3 Å². The number of rotatable bonds is 4. The molecule has 0 bridgehead atoms. The topological polar surface area (TPSA) is 59.5 Å². The van der Waals surface area contributed by atoms with Crippen LogP contribution < -0.4 is 5.56 Å². The van der Waals surface area contributed by atoms with Gasteiger partial charge in [0, 0.05) is 22.4 Å². The van der Waals surface area contributed by atoms with E-state index in [1.807, 2.05) is 24.3 Å². The first-order chi connectivity index (χ1) is 13.0. The molecule has 27 heavy (non-hydrogen) atoms. The summed E-state index contributed by atoms with van der Waals surface area (Å²) in [5.41, 5.74) is 2.29. The Balaban J connectivity index is 1.68. The van der Waals surface area contributed by atoms with Gasteiger partial charge in [-0.1, -0.05) is 40.2 Å². The normalized spacial score (nSPS) is 12.4. The Labute approximate surface area is 162 Å². The maximum Gasteiger partial charge on any atom is 0.276 e. The van der Waals surface area contributed by atoms with Crippen LogP contribution >= 0.6 is 15.9 Å². The number of benzene rings is 2. The van der Waals surface area contributed by atoms with E-state index in [0.29, 0.717) is 16.8 Å². The average molecular weight is 428 g/mol. The number of nitrogens with zero attached hydrogens (tertiary/aromatic N) is 3. The minimum Gasteiger partial charge on any atom is -0.387 e. The molecule has 2 aromatic carbocycles. The van der Waals surface area contributed by atoms with Crippen molar-refractivity contribution in [3.8, 4) is 11.3 Å². The molecule has 0 radical (unpaired) electrons. The smallest absolute Gasteiger partial charge is 0.276 e. The number of aromatic nitrogens is 3. The van der Waals surface area contributed by atoms with E-state index in [1.54, 1.807) is 18.5 Å². The zero-order chi connectivity index (χ0) is 19.0. The summed E-state index contributed by atoms with van der Waals surface area (Å²) in [4.78, 5) is 12.8. The summed E-state index contributed by atoms with van der Waals surface area (Å²) >= 11 is 3.43. The quantitative estimate of drug-likeness (QED) is 0.538. The van der Waals surface area contributed by atoms with Gasteiger partial charge in [-0.25, -0.2) is 8.91 Å².